The molecule has 1 atom stereocenters. The summed E-state index contributed by atoms with van der Waals surface area (Å²) >= 11 is 0. The number of carbonyl (C=O) groups excluding carboxylic acids is 1. The standard InChI is InChI=1S/C16H16N2O/c1-16(13-6-4-10-17-11-13)9-8-12-5-2-3-7-14(12)18-15(16)19/h2-7,10-11H,8-9H2,1H3,(H,18,19)/t16-/m1/s1. The van der Waals surface area contributed by atoms with Crippen molar-refractivity contribution < 1.29 is 4.79 Å². The molecule has 0 fully saturated rings. The predicted octanol–water partition coefficient (Wildman–Crippen LogP) is 2.92. The smallest absolute Gasteiger partial charge is 0.234 e. The fourth-order valence-electron chi connectivity index (χ4n) is 2.58. The Balaban J connectivity index is 2.01. The molecule has 0 aliphatic carbocycles. The molecule has 3 rings (SSSR count). The van der Waals surface area contributed by atoms with Crippen LogP contribution in [-0.4, -0.2) is 10.9 Å². The van der Waals surface area contributed by atoms with Crippen molar-refractivity contribution in [2.24, 2.45) is 0 Å². The lowest BCUT2D eigenvalue weighted by atomic mass is 9.78. The predicted molar refractivity (Wildman–Crippen MR) is 75.0 cm³/mol. The Labute approximate surface area is 112 Å². The number of pyridine rings is 1. The van der Waals surface area contributed by atoms with E-state index in [-0.39, 0.29) is 5.91 Å². The van der Waals surface area contributed by atoms with E-state index in [1.54, 1.807) is 12.4 Å². The summed E-state index contributed by atoms with van der Waals surface area (Å²) in [5.74, 6) is 0.0467. The lowest BCUT2D eigenvalue weighted by molar-refractivity contribution is -0.121. The molecule has 1 aliphatic rings. The Bertz CT molecular complexity index is 609. The summed E-state index contributed by atoms with van der Waals surface area (Å²) in [5, 5.41) is 3.04. The quantitative estimate of drug-likeness (QED) is 0.848. The van der Waals surface area contributed by atoms with Crippen molar-refractivity contribution in [2.75, 3.05) is 5.32 Å². The summed E-state index contributed by atoms with van der Waals surface area (Å²) in [6.07, 6.45) is 5.20. The van der Waals surface area contributed by atoms with Crippen LogP contribution in [0.3, 0.4) is 0 Å². The molecule has 1 aromatic carbocycles. The first kappa shape index (κ1) is 11.9. The molecule has 1 aliphatic heterocycles. The molecule has 1 N–H and O–H groups in total. The van der Waals surface area contributed by atoms with Gasteiger partial charge in [0, 0.05) is 18.1 Å². The summed E-state index contributed by atoms with van der Waals surface area (Å²) in [6, 6.07) is 11.9. The van der Waals surface area contributed by atoms with Crippen LogP contribution in [0.25, 0.3) is 0 Å². The highest BCUT2D eigenvalue weighted by Crippen LogP contribution is 2.34. The zero-order chi connectivity index (χ0) is 13.3. The number of para-hydroxylation sites is 1. The number of amides is 1. The fraction of sp³-hybridized carbons (Fsp3) is 0.250. The molecule has 96 valence electrons. The number of carbonyl (C=O) groups is 1. The summed E-state index contributed by atoms with van der Waals surface area (Å²) in [7, 11) is 0. The molecule has 2 aromatic rings. The van der Waals surface area contributed by atoms with E-state index in [4.69, 9.17) is 0 Å². The fourth-order valence-corrected chi connectivity index (χ4v) is 2.58. The van der Waals surface area contributed by atoms with Crippen molar-refractivity contribution in [3.05, 3.63) is 59.9 Å². The van der Waals surface area contributed by atoms with Gasteiger partial charge in [-0.25, -0.2) is 0 Å². The number of rotatable bonds is 1. The largest absolute Gasteiger partial charge is 0.325 e. The van der Waals surface area contributed by atoms with Crippen molar-refractivity contribution in [1.82, 2.24) is 4.98 Å². The number of nitrogens with one attached hydrogen (secondary N) is 1. The van der Waals surface area contributed by atoms with Crippen LogP contribution in [0.4, 0.5) is 5.69 Å². The maximum Gasteiger partial charge on any atom is 0.234 e. The topological polar surface area (TPSA) is 42.0 Å². The van der Waals surface area contributed by atoms with Gasteiger partial charge in [0.2, 0.25) is 5.91 Å². The molecule has 0 bridgehead atoms. The second kappa shape index (κ2) is 4.50. The van der Waals surface area contributed by atoms with Crippen molar-refractivity contribution in [1.29, 1.82) is 0 Å². The van der Waals surface area contributed by atoms with Gasteiger partial charge in [-0.2, -0.15) is 0 Å². The van der Waals surface area contributed by atoms with Gasteiger partial charge in [0.05, 0.1) is 5.41 Å². The summed E-state index contributed by atoms with van der Waals surface area (Å²) < 4.78 is 0. The van der Waals surface area contributed by atoms with Crippen LogP contribution in [0.1, 0.15) is 24.5 Å². The Hall–Kier alpha value is -2.16. The average Bonchev–Trinajstić information content (AvgIpc) is 2.59. The van der Waals surface area contributed by atoms with Gasteiger partial charge >= 0.3 is 0 Å². The summed E-state index contributed by atoms with van der Waals surface area (Å²) in [6.45, 7) is 1.99. The second-order valence-electron chi connectivity index (χ2n) is 5.19. The monoisotopic (exact) mass is 252 g/mol. The number of benzene rings is 1. The van der Waals surface area contributed by atoms with E-state index < -0.39 is 5.41 Å². The van der Waals surface area contributed by atoms with Crippen molar-refractivity contribution in [3.63, 3.8) is 0 Å². The van der Waals surface area contributed by atoms with Crippen molar-refractivity contribution in [3.8, 4) is 0 Å². The second-order valence-corrected chi connectivity index (χ2v) is 5.19. The minimum atomic E-state index is -0.521. The van der Waals surface area contributed by atoms with Gasteiger partial charge in [0.15, 0.2) is 0 Å². The Kier molecular flexibility index (Phi) is 2.82. The summed E-state index contributed by atoms with van der Waals surface area (Å²) in [4.78, 5) is 16.7. The molecule has 1 aromatic heterocycles. The molecule has 0 saturated heterocycles. The number of aromatic nitrogens is 1. The summed E-state index contributed by atoms with van der Waals surface area (Å²) in [5.41, 5.74) is 2.58. The molecular formula is C16H16N2O. The van der Waals surface area contributed by atoms with E-state index in [0.29, 0.717) is 0 Å². The first-order valence-electron chi connectivity index (χ1n) is 6.50. The minimum Gasteiger partial charge on any atom is -0.325 e. The van der Waals surface area contributed by atoms with Crippen LogP contribution in [0, 0.1) is 0 Å². The van der Waals surface area contributed by atoms with Gasteiger partial charge < -0.3 is 5.32 Å². The third-order valence-corrected chi connectivity index (χ3v) is 3.96. The van der Waals surface area contributed by atoms with Crippen LogP contribution in [0.2, 0.25) is 0 Å². The third kappa shape index (κ3) is 2.01. The van der Waals surface area contributed by atoms with E-state index in [0.717, 1.165) is 24.1 Å². The molecule has 0 radical (unpaired) electrons. The van der Waals surface area contributed by atoms with E-state index in [1.165, 1.54) is 5.56 Å². The number of hydrogen-bond donors (Lipinski definition) is 1. The van der Waals surface area contributed by atoms with Gasteiger partial charge in [-0.1, -0.05) is 24.3 Å². The van der Waals surface area contributed by atoms with Gasteiger partial charge in [0.25, 0.3) is 0 Å². The maximum absolute atomic E-state index is 12.6. The number of aryl methyl sites for hydroxylation is 1. The zero-order valence-corrected chi connectivity index (χ0v) is 10.9. The number of anilines is 1. The van der Waals surface area contributed by atoms with Gasteiger partial charge in [-0.05, 0) is 43.0 Å². The highest BCUT2D eigenvalue weighted by Gasteiger charge is 2.37. The van der Waals surface area contributed by atoms with Gasteiger partial charge in [-0.15, -0.1) is 0 Å². The van der Waals surface area contributed by atoms with Gasteiger partial charge in [-0.3, -0.25) is 9.78 Å². The van der Waals surface area contributed by atoms with E-state index >= 15 is 0 Å². The van der Waals surface area contributed by atoms with E-state index in [2.05, 4.69) is 16.4 Å². The first-order chi connectivity index (χ1) is 9.20. The van der Waals surface area contributed by atoms with Crippen LogP contribution in [-0.2, 0) is 16.6 Å². The normalized spacial score (nSPS) is 22.3. The first-order valence-corrected chi connectivity index (χ1v) is 6.50. The van der Waals surface area contributed by atoms with Crippen LogP contribution < -0.4 is 5.32 Å². The van der Waals surface area contributed by atoms with Crippen molar-refractivity contribution >= 4 is 11.6 Å². The number of nitrogens with zero attached hydrogens (tertiary/aromatic N) is 1. The van der Waals surface area contributed by atoms with Gasteiger partial charge in [0.1, 0.15) is 0 Å². The van der Waals surface area contributed by atoms with Crippen LogP contribution in [0.5, 0.6) is 0 Å². The molecule has 3 heteroatoms. The average molecular weight is 252 g/mol. The molecule has 1 amide bonds. The van der Waals surface area contributed by atoms with E-state index in [9.17, 15) is 4.79 Å². The van der Waals surface area contributed by atoms with Crippen LogP contribution >= 0.6 is 0 Å². The Morgan fingerprint density at radius 2 is 2.05 bits per heavy atom. The minimum absolute atomic E-state index is 0.0467. The molecular weight excluding hydrogens is 236 g/mol. The SMILES string of the molecule is C[C@]1(c2cccnc2)CCc2ccccc2NC1=O. The molecule has 3 nitrogen and oxygen atoms in total. The zero-order valence-electron chi connectivity index (χ0n) is 10.9. The lowest BCUT2D eigenvalue weighted by Gasteiger charge is -2.26. The Morgan fingerprint density at radius 3 is 2.84 bits per heavy atom. The van der Waals surface area contributed by atoms with Crippen LogP contribution in [0.15, 0.2) is 48.8 Å². The molecule has 0 saturated carbocycles. The lowest BCUT2D eigenvalue weighted by Crippen LogP contribution is -2.36. The molecule has 0 spiro atoms. The highest BCUT2D eigenvalue weighted by atomic mass is 16.2. The highest BCUT2D eigenvalue weighted by molar-refractivity contribution is 6.00. The number of fused-ring (bicyclic) bond motifs is 1. The molecule has 19 heavy (non-hydrogen) atoms. The molecule has 0 unspecified atom stereocenters. The Morgan fingerprint density at radius 1 is 1.21 bits per heavy atom. The van der Waals surface area contributed by atoms with E-state index in [1.807, 2.05) is 37.3 Å². The number of hydrogen-bond acceptors (Lipinski definition) is 2. The van der Waals surface area contributed by atoms with Crippen molar-refractivity contribution in [2.45, 2.75) is 25.2 Å². The molecule has 2 heterocycles. The third-order valence-electron chi connectivity index (χ3n) is 3.96. The maximum atomic E-state index is 12.6.